The molecule has 1 aromatic heterocycles. The Balaban J connectivity index is 1.48. The smallest absolute Gasteiger partial charge is 0.263 e. The molecule has 2 saturated heterocycles. The van der Waals surface area contributed by atoms with Crippen molar-refractivity contribution in [3.63, 3.8) is 0 Å². The van der Waals surface area contributed by atoms with Crippen molar-refractivity contribution >= 4 is 23.2 Å². The number of likely N-dealkylation sites (tertiary alicyclic amines) is 1. The minimum atomic E-state index is 0.00229. The summed E-state index contributed by atoms with van der Waals surface area (Å²) in [7, 11) is 0. The third kappa shape index (κ3) is 2.75. The van der Waals surface area contributed by atoms with Gasteiger partial charge in [-0.15, -0.1) is 11.3 Å². The Bertz CT molecular complexity index is 612. The maximum atomic E-state index is 13.0. The quantitative estimate of drug-likeness (QED) is 0.824. The number of nitrogens with zero attached hydrogens (tertiary/aromatic N) is 2. The number of carbonyl (C=O) groups excluding carboxylic acids is 2. The highest BCUT2D eigenvalue weighted by atomic mass is 32.1. The topological polar surface area (TPSA) is 49.9 Å². The predicted molar refractivity (Wildman–Crippen MR) is 92.0 cm³/mol. The van der Waals surface area contributed by atoms with Crippen LogP contribution in [0.1, 0.15) is 35.4 Å². The van der Waals surface area contributed by atoms with E-state index in [0.29, 0.717) is 32.2 Å². The van der Waals surface area contributed by atoms with Crippen LogP contribution in [0, 0.1) is 11.3 Å². The highest BCUT2D eigenvalue weighted by molar-refractivity contribution is 7.12. The van der Waals surface area contributed by atoms with E-state index in [4.69, 9.17) is 4.74 Å². The Morgan fingerprint density at radius 1 is 1.17 bits per heavy atom. The number of hydrogen-bond acceptors (Lipinski definition) is 4. The Hall–Kier alpha value is -1.40. The van der Waals surface area contributed by atoms with Gasteiger partial charge >= 0.3 is 0 Å². The van der Waals surface area contributed by atoms with Crippen molar-refractivity contribution in [2.75, 3.05) is 39.4 Å². The zero-order chi connectivity index (χ0) is 16.6. The van der Waals surface area contributed by atoms with Gasteiger partial charge in [0, 0.05) is 37.5 Å². The van der Waals surface area contributed by atoms with Crippen LogP contribution in [-0.4, -0.2) is 61.0 Å². The van der Waals surface area contributed by atoms with Gasteiger partial charge in [0.15, 0.2) is 0 Å². The van der Waals surface area contributed by atoms with E-state index in [1.807, 2.05) is 27.3 Å². The van der Waals surface area contributed by atoms with E-state index in [0.717, 1.165) is 43.6 Å². The molecule has 1 saturated carbocycles. The molecule has 0 N–H and O–H groups in total. The van der Waals surface area contributed by atoms with Gasteiger partial charge in [0.1, 0.15) is 0 Å². The summed E-state index contributed by atoms with van der Waals surface area (Å²) in [4.78, 5) is 30.4. The van der Waals surface area contributed by atoms with Gasteiger partial charge in [-0.1, -0.05) is 12.5 Å². The van der Waals surface area contributed by atoms with Crippen molar-refractivity contribution in [2.45, 2.75) is 25.7 Å². The molecule has 1 spiro atoms. The van der Waals surface area contributed by atoms with Crippen molar-refractivity contribution in [3.8, 4) is 0 Å². The van der Waals surface area contributed by atoms with Gasteiger partial charge in [-0.2, -0.15) is 0 Å². The number of hydrogen-bond donors (Lipinski definition) is 0. The summed E-state index contributed by atoms with van der Waals surface area (Å²) in [5.41, 5.74) is 0.00229. The number of thiophene rings is 1. The minimum Gasteiger partial charge on any atom is -0.378 e. The summed E-state index contributed by atoms with van der Waals surface area (Å²) < 4.78 is 5.37. The van der Waals surface area contributed by atoms with Crippen molar-refractivity contribution in [1.82, 2.24) is 9.80 Å². The van der Waals surface area contributed by atoms with Crippen molar-refractivity contribution < 1.29 is 14.3 Å². The maximum Gasteiger partial charge on any atom is 0.263 e. The van der Waals surface area contributed by atoms with Crippen molar-refractivity contribution in [1.29, 1.82) is 0 Å². The molecule has 3 heterocycles. The summed E-state index contributed by atoms with van der Waals surface area (Å²) in [6, 6.07) is 3.81. The van der Waals surface area contributed by atoms with Gasteiger partial charge in [0.05, 0.1) is 18.1 Å². The third-order valence-corrected chi connectivity index (χ3v) is 6.79. The van der Waals surface area contributed by atoms with Crippen LogP contribution < -0.4 is 0 Å². The van der Waals surface area contributed by atoms with Crippen LogP contribution in [0.2, 0.25) is 0 Å². The molecule has 1 aliphatic carbocycles. The van der Waals surface area contributed by atoms with E-state index in [2.05, 4.69) is 0 Å². The number of rotatable bonds is 2. The molecule has 6 heteroatoms. The van der Waals surface area contributed by atoms with E-state index < -0.39 is 0 Å². The molecule has 130 valence electrons. The van der Waals surface area contributed by atoms with Crippen molar-refractivity contribution in [3.05, 3.63) is 22.4 Å². The van der Waals surface area contributed by atoms with E-state index in [-0.39, 0.29) is 17.2 Å². The average Bonchev–Trinajstić information content (AvgIpc) is 3.37. The molecule has 0 bridgehead atoms. The van der Waals surface area contributed by atoms with E-state index in [9.17, 15) is 9.59 Å². The average molecular weight is 348 g/mol. The number of ether oxygens (including phenoxy) is 1. The molecule has 3 aliphatic rings. The summed E-state index contributed by atoms with van der Waals surface area (Å²) in [6.45, 7) is 4.24. The third-order valence-electron chi connectivity index (χ3n) is 5.93. The second-order valence-corrected chi connectivity index (χ2v) is 8.15. The fraction of sp³-hybridized carbons (Fsp3) is 0.667. The van der Waals surface area contributed by atoms with Gasteiger partial charge < -0.3 is 14.5 Å². The van der Waals surface area contributed by atoms with Gasteiger partial charge in [0.25, 0.3) is 5.91 Å². The Labute approximate surface area is 146 Å². The highest BCUT2D eigenvalue weighted by Crippen LogP contribution is 2.50. The predicted octanol–water partition coefficient (Wildman–Crippen LogP) is 2.24. The van der Waals surface area contributed by atoms with Crippen LogP contribution >= 0.6 is 11.3 Å². The lowest BCUT2D eigenvalue weighted by molar-refractivity contribution is -0.143. The first kappa shape index (κ1) is 16.1. The van der Waals surface area contributed by atoms with E-state index in [1.54, 1.807) is 0 Å². The van der Waals surface area contributed by atoms with Crippen LogP contribution in [-0.2, 0) is 9.53 Å². The molecule has 0 aromatic carbocycles. The fourth-order valence-electron chi connectivity index (χ4n) is 4.64. The molecule has 0 unspecified atom stereocenters. The lowest BCUT2D eigenvalue weighted by Gasteiger charge is -2.36. The lowest BCUT2D eigenvalue weighted by Crippen LogP contribution is -2.47. The molecular weight excluding hydrogens is 324 g/mol. The zero-order valence-electron chi connectivity index (χ0n) is 13.9. The maximum absolute atomic E-state index is 13.0. The summed E-state index contributed by atoms with van der Waals surface area (Å²) in [5, 5.41) is 1.94. The zero-order valence-corrected chi connectivity index (χ0v) is 14.7. The summed E-state index contributed by atoms with van der Waals surface area (Å²) in [5.74, 6) is 0.504. The second-order valence-electron chi connectivity index (χ2n) is 7.20. The molecule has 0 radical (unpaired) electrons. The molecule has 24 heavy (non-hydrogen) atoms. The molecule has 4 rings (SSSR count). The summed E-state index contributed by atoms with van der Waals surface area (Å²) in [6.07, 6.45) is 4.10. The first-order valence-corrected chi connectivity index (χ1v) is 9.77. The van der Waals surface area contributed by atoms with Crippen LogP contribution in [0.3, 0.4) is 0 Å². The van der Waals surface area contributed by atoms with E-state index >= 15 is 0 Å². The Morgan fingerprint density at radius 3 is 2.75 bits per heavy atom. The van der Waals surface area contributed by atoms with Gasteiger partial charge in [-0.3, -0.25) is 9.59 Å². The Kier molecular flexibility index (Phi) is 4.35. The van der Waals surface area contributed by atoms with Crippen LogP contribution in [0.15, 0.2) is 17.5 Å². The first-order chi connectivity index (χ1) is 11.7. The van der Waals surface area contributed by atoms with Crippen molar-refractivity contribution in [2.24, 2.45) is 11.3 Å². The minimum absolute atomic E-state index is 0.00229. The fourth-order valence-corrected chi connectivity index (χ4v) is 5.33. The molecule has 1 aromatic rings. The van der Waals surface area contributed by atoms with Gasteiger partial charge in [-0.05, 0) is 30.7 Å². The number of carbonyl (C=O) groups is 2. The molecule has 2 amide bonds. The SMILES string of the molecule is O=C(c1cccs1)N1CC[C@]2(CCC[C@@H]2C(=O)N2CCOCC2)C1. The largest absolute Gasteiger partial charge is 0.378 e. The second kappa shape index (κ2) is 6.48. The Morgan fingerprint density at radius 2 is 2.00 bits per heavy atom. The van der Waals surface area contributed by atoms with E-state index in [1.165, 1.54) is 11.3 Å². The van der Waals surface area contributed by atoms with Gasteiger partial charge in [-0.25, -0.2) is 0 Å². The molecule has 3 fully saturated rings. The summed E-state index contributed by atoms with van der Waals surface area (Å²) >= 11 is 1.50. The van der Waals surface area contributed by atoms with Crippen LogP contribution in [0.4, 0.5) is 0 Å². The standard InChI is InChI=1S/C18H24N2O3S/c21-16(19-8-10-23-11-9-19)14-3-1-5-18(14)6-7-20(13-18)17(22)15-4-2-12-24-15/h2,4,12,14H,1,3,5-11,13H2/t14-,18-/m1/s1. The highest BCUT2D eigenvalue weighted by Gasteiger charge is 2.52. The van der Waals surface area contributed by atoms with Crippen LogP contribution in [0.25, 0.3) is 0 Å². The monoisotopic (exact) mass is 348 g/mol. The molecular formula is C18H24N2O3S. The normalized spacial score (nSPS) is 30.2. The molecule has 5 nitrogen and oxygen atoms in total. The number of amides is 2. The van der Waals surface area contributed by atoms with Gasteiger partial charge in [0.2, 0.25) is 5.91 Å². The number of morpholine rings is 1. The van der Waals surface area contributed by atoms with Crippen LogP contribution in [0.5, 0.6) is 0 Å². The molecule has 2 atom stereocenters. The first-order valence-electron chi connectivity index (χ1n) is 8.89. The molecule has 2 aliphatic heterocycles. The lowest BCUT2D eigenvalue weighted by atomic mass is 9.76.